The molecule has 2 heterocycles. The standard InChI is InChI=1S/C13H18N4O2S/c1-9-15-10(8-20-9)6-13(18)16-11(7-19-3)12-4-5-14-17(12)2/h4-5,8,11H,6-7H2,1-3H3,(H,16,18). The van der Waals surface area contributed by atoms with Crippen LogP contribution in [0, 0.1) is 6.92 Å². The van der Waals surface area contributed by atoms with E-state index in [1.165, 1.54) is 0 Å². The summed E-state index contributed by atoms with van der Waals surface area (Å²) in [6.45, 7) is 2.33. The highest BCUT2D eigenvalue weighted by Gasteiger charge is 2.18. The number of ether oxygens (including phenoxy) is 1. The van der Waals surface area contributed by atoms with E-state index in [2.05, 4.69) is 15.4 Å². The molecule has 2 aromatic rings. The largest absolute Gasteiger partial charge is 0.382 e. The third kappa shape index (κ3) is 3.64. The van der Waals surface area contributed by atoms with Gasteiger partial charge in [0.2, 0.25) is 5.91 Å². The number of thiazole rings is 1. The first-order valence-electron chi connectivity index (χ1n) is 6.27. The molecule has 0 saturated heterocycles. The lowest BCUT2D eigenvalue weighted by Gasteiger charge is -2.18. The van der Waals surface area contributed by atoms with Crippen molar-refractivity contribution >= 4 is 17.2 Å². The number of nitrogens with zero attached hydrogens (tertiary/aromatic N) is 3. The van der Waals surface area contributed by atoms with Gasteiger partial charge in [-0.3, -0.25) is 9.48 Å². The first-order chi connectivity index (χ1) is 9.60. The highest BCUT2D eigenvalue weighted by atomic mass is 32.1. The smallest absolute Gasteiger partial charge is 0.226 e. The maximum absolute atomic E-state index is 12.1. The van der Waals surface area contributed by atoms with E-state index in [1.54, 1.807) is 29.3 Å². The molecule has 1 amide bonds. The van der Waals surface area contributed by atoms with Gasteiger partial charge < -0.3 is 10.1 Å². The van der Waals surface area contributed by atoms with Gasteiger partial charge in [0.25, 0.3) is 0 Å². The average Bonchev–Trinajstić information content (AvgIpc) is 2.98. The van der Waals surface area contributed by atoms with Gasteiger partial charge >= 0.3 is 0 Å². The average molecular weight is 294 g/mol. The molecule has 108 valence electrons. The summed E-state index contributed by atoms with van der Waals surface area (Å²) in [4.78, 5) is 16.4. The maximum atomic E-state index is 12.1. The summed E-state index contributed by atoms with van der Waals surface area (Å²) in [5.41, 5.74) is 1.71. The monoisotopic (exact) mass is 294 g/mol. The van der Waals surface area contributed by atoms with E-state index in [1.807, 2.05) is 25.4 Å². The zero-order valence-electron chi connectivity index (χ0n) is 11.8. The summed E-state index contributed by atoms with van der Waals surface area (Å²) in [6, 6.07) is 1.66. The van der Waals surface area contributed by atoms with Crippen LogP contribution in [-0.2, 0) is 23.0 Å². The Bertz CT molecular complexity index is 578. The van der Waals surface area contributed by atoms with Crippen LogP contribution in [0.15, 0.2) is 17.6 Å². The van der Waals surface area contributed by atoms with Gasteiger partial charge in [0.15, 0.2) is 0 Å². The molecule has 0 aliphatic rings. The van der Waals surface area contributed by atoms with E-state index in [4.69, 9.17) is 4.74 Å². The van der Waals surface area contributed by atoms with Gasteiger partial charge in [0, 0.05) is 25.7 Å². The van der Waals surface area contributed by atoms with Gasteiger partial charge in [-0.2, -0.15) is 5.10 Å². The van der Waals surface area contributed by atoms with Gasteiger partial charge in [-0.05, 0) is 13.0 Å². The zero-order valence-corrected chi connectivity index (χ0v) is 12.6. The van der Waals surface area contributed by atoms with Crippen LogP contribution in [0.25, 0.3) is 0 Å². The number of hydrogen-bond donors (Lipinski definition) is 1. The fourth-order valence-corrected chi connectivity index (χ4v) is 2.61. The van der Waals surface area contributed by atoms with Gasteiger partial charge in [0.1, 0.15) is 0 Å². The Balaban J connectivity index is 2.01. The summed E-state index contributed by atoms with van der Waals surface area (Å²) in [5.74, 6) is -0.0708. The SMILES string of the molecule is COCC(NC(=O)Cc1csc(C)n1)c1ccnn1C. The Morgan fingerprint density at radius 1 is 1.60 bits per heavy atom. The highest BCUT2D eigenvalue weighted by molar-refractivity contribution is 7.09. The molecule has 0 radical (unpaired) electrons. The van der Waals surface area contributed by atoms with Crippen molar-refractivity contribution in [2.24, 2.45) is 7.05 Å². The van der Waals surface area contributed by atoms with E-state index in [0.717, 1.165) is 16.4 Å². The second-order valence-electron chi connectivity index (χ2n) is 4.49. The third-order valence-electron chi connectivity index (χ3n) is 2.89. The second kappa shape index (κ2) is 6.62. The lowest BCUT2D eigenvalue weighted by molar-refractivity contribution is -0.121. The van der Waals surface area contributed by atoms with Crippen LogP contribution >= 0.6 is 11.3 Å². The normalized spacial score (nSPS) is 12.3. The second-order valence-corrected chi connectivity index (χ2v) is 5.55. The fourth-order valence-electron chi connectivity index (χ4n) is 1.99. The number of amides is 1. The van der Waals surface area contributed by atoms with Crippen molar-refractivity contribution in [1.82, 2.24) is 20.1 Å². The van der Waals surface area contributed by atoms with Crippen LogP contribution in [0.1, 0.15) is 22.4 Å². The van der Waals surface area contributed by atoms with Crippen LogP contribution in [0.4, 0.5) is 0 Å². The van der Waals surface area contributed by atoms with Crippen molar-refractivity contribution in [3.05, 3.63) is 34.0 Å². The number of aromatic nitrogens is 3. The molecule has 0 aliphatic carbocycles. The summed E-state index contributed by atoms with van der Waals surface area (Å²) in [6.07, 6.45) is 1.98. The van der Waals surface area contributed by atoms with Crippen molar-refractivity contribution in [3.63, 3.8) is 0 Å². The summed E-state index contributed by atoms with van der Waals surface area (Å²) in [7, 11) is 3.45. The molecule has 0 aromatic carbocycles. The lowest BCUT2D eigenvalue weighted by Crippen LogP contribution is -2.33. The van der Waals surface area contributed by atoms with Gasteiger partial charge in [0.05, 0.1) is 35.5 Å². The van der Waals surface area contributed by atoms with Crippen LogP contribution in [-0.4, -0.2) is 34.4 Å². The number of methoxy groups -OCH3 is 1. The first-order valence-corrected chi connectivity index (χ1v) is 7.15. The van der Waals surface area contributed by atoms with Gasteiger partial charge in [-0.1, -0.05) is 0 Å². The molecule has 0 aliphatic heterocycles. The molecule has 0 saturated carbocycles. The maximum Gasteiger partial charge on any atom is 0.226 e. The lowest BCUT2D eigenvalue weighted by atomic mass is 10.2. The quantitative estimate of drug-likeness (QED) is 0.870. The Morgan fingerprint density at radius 3 is 2.95 bits per heavy atom. The minimum Gasteiger partial charge on any atom is -0.382 e. The van der Waals surface area contributed by atoms with E-state index >= 15 is 0 Å². The number of carbonyl (C=O) groups is 1. The molecule has 2 aromatic heterocycles. The molecule has 1 unspecified atom stereocenters. The summed E-state index contributed by atoms with van der Waals surface area (Å²) in [5, 5.41) is 9.94. The minimum atomic E-state index is -0.209. The van der Waals surface area contributed by atoms with Crippen molar-refractivity contribution in [1.29, 1.82) is 0 Å². The molecule has 6 nitrogen and oxygen atoms in total. The Kier molecular flexibility index (Phi) is 4.86. The number of aryl methyl sites for hydroxylation is 2. The predicted molar refractivity (Wildman–Crippen MR) is 76.5 cm³/mol. The van der Waals surface area contributed by atoms with E-state index in [0.29, 0.717) is 6.61 Å². The molecule has 0 spiro atoms. The summed E-state index contributed by atoms with van der Waals surface area (Å²) < 4.78 is 6.90. The molecule has 20 heavy (non-hydrogen) atoms. The Morgan fingerprint density at radius 2 is 2.40 bits per heavy atom. The molecule has 7 heteroatoms. The molecule has 0 fully saturated rings. The molecule has 1 atom stereocenters. The van der Waals surface area contributed by atoms with Gasteiger partial charge in [-0.15, -0.1) is 11.3 Å². The molecular formula is C13H18N4O2S. The molecule has 1 N–H and O–H groups in total. The fraction of sp³-hybridized carbons (Fsp3) is 0.462. The highest BCUT2D eigenvalue weighted by Crippen LogP contribution is 2.13. The number of rotatable bonds is 6. The first kappa shape index (κ1) is 14.7. The van der Waals surface area contributed by atoms with E-state index < -0.39 is 0 Å². The van der Waals surface area contributed by atoms with Crippen LogP contribution in [0.5, 0.6) is 0 Å². The molecule has 2 rings (SSSR count). The zero-order chi connectivity index (χ0) is 14.5. The molecular weight excluding hydrogens is 276 g/mol. The minimum absolute atomic E-state index is 0.0708. The van der Waals surface area contributed by atoms with Crippen molar-refractivity contribution in [2.45, 2.75) is 19.4 Å². The van der Waals surface area contributed by atoms with Crippen LogP contribution < -0.4 is 5.32 Å². The topological polar surface area (TPSA) is 69.0 Å². The summed E-state index contributed by atoms with van der Waals surface area (Å²) >= 11 is 1.55. The third-order valence-corrected chi connectivity index (χ3v) is 3.71. The number of hydrogen-bond acceptors (Lipinski definition) is 5. The predicted octanol–water partition coefficient (Wildman–Crippen LogP) is 1.23. The van der Waals surface area contributed by atoms with Crippen molar-refractivity contribution < 1.29 is 9.53 Å². The Labute approximate surface area is 121 Å². The van der Waals surface area contributed by atoms with Crippen LogP contribution in [0.3, 0.4) is 0 Å². The number of nitrogens with one attached hydrogen (secondary N) is 1. The van der Waals surface area contributed by atoms with Crippen LogP contribution in [0.2, 0.25) is 0 Å². The van der Waals surface area contributed by atoms with Gasteiger partial charge in [-0.25, -0.2) is 4.98 Å². The number of carbonyl (C=O) groups excluding carboxylic acids is 1. The Hall–Kier alpha value is -1.73. The van der Waals surface area contributed by atoms with E-state index in [-0.39, 0.29) is 18.4 Å². The van der Waals surface area contributed by atoms with E-state index in [9.17, 15) is 4.79 Å². The molecule has 0 bridgehead atoms. The van der Waals surface area contributed by atoms with Crippen molar-refractivity contribution in [3.8, 4) is 0 Å². The van der Waals surface area contributed by atoms with Crippen molar-refractivity contribution in [2.75, 3.05) is 13.7 Å².